The minimum atomic E-state index is 0. The highest BCUT2D eigenvalue weighted by atomic mass is 127. The quantitative estimate of drug-likeness (QED) is 0.260. The predicted molar refractivity (Wildman–Crippen MR) is 126 cm³/mol. The third kappa shape index (κ3) is 7.17. The van der Waals surface area contributed by atoms with E-state index >= 15 is 0 Å². The molecule has 0 radical (unpaired) electrons. The summed E-state index contributed by atoms with van der Waals surface area (Å²) in [5.41, 5.74) is 1.31. The lowest BCUT2D eigenvalue weighted by Gasteiger charge is -2.32. The first-order chi connectivity index (χ1) is 13.2. The average Bonchev–Trinajstić information content (AvgIpc) is 3.17. The number of likely N-dealkylation sites (N-methyl/N-ethyl adjacent to an activating group) is 1. The Balaban J connectivity index is 0.00000392. The SMILES string of the molecule is CCN(CC)C(CNC(=NC)NCC1(CCO)CCOC1)c1ccccc1.I. The van der Waals surface area contributed by atoms with E-state index in [-0.39, 0.29) is 36.0 Å². The Labute approximate surface area is 187 Å². The number of aliphatic hydroxyl groups excluding tert-OH is 1. The molecule has 28 heavy (non-hydrogen) atoms. The van der Waals surface area contributed by atoms with Crippen LogP contribution in [0.2, 0.25) is 0 Å². The van der Waals surface area contributed by atoms with Gasteiger partial charge in [0.1, 0.15) is 0 Å². The van der Waals surface area contributed by atoms with Gasteiger partial charge in [-0.1, -0.05) is 44.2 Å². The number of aliphatic imine (C=N–C) groups is 1. The van der Waals surface area contributed by atoms with Gasteiger partial charge >= 0.3 is 0 Å². The summed E-state index contributed by atoms with van der Waals surface area (Å²) in [5, 5.41) is 16.3. The molecule has 0 aliphatic carbocycles. The fourth-order valence-electron chi connectivity index (χ4n) is 3.79. The lowest BCUT2D eigenvalue weighted by molar-refractivity contribution is 0.127. The van der Waals surface area contributed by atoms with Crippen LogP contribution in [0, 0.1) is 5.41 Å². The van der Waals surface area contributed by atoms with Crippen molar-refractivity contribution in [2.45, 2.75) is 32.7 Å². The van der Waals surface area contributed by atoms with Crippen LogP contribution in [0.1, 0.15) is 38.3 Å². The number of hydrogen-bond donors (Lipinski definition) is 3. The molecule has 1 saturated heterocycles. The van der Waals surface area contributed by atoms with Crippen LogP contribution in [0.15, 0.2) is 35.3 Å². The number of halogens is 1. The summed E-state index contributed by atoms with van der Waals surface area (Å²) in [4.78, 5) is 6.84. The van der Waals surface area contributed by atoms with Gasteiger partial charge in [-0.05, 0) is 31.5 Å². The van der Waals surface area contributed by atoms with E-state index in [9.17, 15) is 5.11 Å². The number of hydrogen-bond acceptors (Lipinski definition) is 4. The molecule has 0 bridgehead atoms. The molecular formula is C21H37IN4O2. The molecule has 2 rings (SSSR count). The summed E-state index contributed by atoms with van der Waals surface area (Å²) in [7, 11) is 1.80. The molecule has 1 aliphatic heterocycles. The van der Waals surface area contributed by atoms with Gasteiger partial charge in [0.25, 0.3) is 0 Å². The zero-order valence-electron chi connectivity index (χ0n) is 17.5. The number of nitrogens with zero attached hydrogens (tertiary/aromatic N) is 2. The molecule has 2 unspecified atom stereocenters. The van der Waals surface area contributed by atoms with Crippen LogP contribution in [0.3, 0.4) is 0 Å². The first-order valence-corrected chi connectivity index (χ1v) is 10.1. The number of aliphatic hydroxyl groups is 1. The Hall–Kier alpha value is -0.900. The number of ether oxygens (including phenoxy) is 1. The second kappa shape index (κ2) is 13.3. The Morgan fingerprint density at radius 1 is 1.25 bits per heavy atom. The van der Waals surface area contributed by atoms with Crippen LogP contribution in [0.5, 0.6) is 0 Å². The number of rotatable bonds is 10. The number of benzene rings is 1. The van der Waals surface area contributed by atoms with Crippen LogP contribution >= 0.6 is 24.0 Å². The zero-order chi connectivity index (χ0) is 19.5. The van der Waals surface area contributed by atoms with Crippen molar-refractivity contribution in [1.82, 2.24) is 15.5 Å². The largest absolute Gasteiger partial charge is 0.396 e. The molecule has 7 heteroatoms. The summed E-state index contributed by atoms with van der Waals surface area (Å²) < 4.78 is 5.58. The van der Waals surface area contributed by atoms with Crippen molar-refractivity contribution in [3.05, 3.63) is 35.9 Å². The molecule has 1 aromatic rings. The van der Waals surface area contributed by atoms with Crippen molar-refractivity contribution in [1.29, 1.82) is 0 Å². The fraction of sp³-hybridized carbons (Fsp3) is 0.667. The van der Waals surface area contributed by atoms with Crippen LogP contribution in [0.25, 0.3) is 0 Å². The molecule has 1 heterocycles. The summed E-state index contributed by atoms with van der Waals surface area (Å²) in [6.45, 7) is 9.60. The van der Waals surface area contributed by atoms with E-state index in [1.54, 1.807) is 7.05 Å². The highest BCUT2D eigenvalue weighted by molar-refractivity contribution is 14.0. The maximum absolute atomic E-state index is 9.40. The third-order valence-corrected chi connectivity index (χ3v) is 5.58. The summed E-state index contributed by atoms with van der Waals surface area (Å²) >= 11 is 0. The van der Waals surface area contributed by atoms with E-state index in [0.717, 1.165) is 51.6 Å². The Morgan fingerprint density at radius 3 is 2.50 bits per heavy atom. The predicted octanol–water partition coefficient (Wildman–Crippen LogP) is 2.64. The topological polar surface area (TPSA) is 69.1 Å². The smallest absolute Gasteiger partial charge is 0.191 e. The van der Waals surface area contributed by atoms with Gasteiger partial charge in [-0.25, -0.2) is 0 Å². The average molecular weight is 504 g/mol. The standard InChI is InChI=1S/C21H36N4O2.HI/c1-4-25(5-2)19(18-9-7-6-8-10-18)15-23-20(22-3)24-16-21(11-13-26)12-14-27-17-21;/h6-10,19,26H,4-5,11-17H2,1-3H3,(H2,22,23,24);1H. The third-order valence-electron chi connectivity index (χ3n) is 5.58. The van der Waals surface area contributed by atoms with Crippen molar-refractivity contribution in [2.24, 2.45) is 10.4 Å². The first kappa shape index (κ1) is 25.1. The van der Waals surface area contributed by atoms with E-state index in [2.05, 4.69) is 64.7 Å². The Morgan fingerprint density at radius 2 is 1.96 bits per heavy atom. The van der Waals surface area contributed by atoms with E-state index < -0.39 is 0 Å². The molecule has 160 valence electrons. The highest BCUT2D eigenvalue weighted by Gasteiger charge is 2.34. The van der Waals surface area contributed by atoms with Gasteiger partial charge in [0.15, 0.2) is 5.96 Å². The zero-order valence-corrected chi connectivity index (χ0v) is 19.8. The fourth-order valence-corrected chi connectivity index (χ4v) is 3.79. The lowest BCUT2D eigenvalue weighted by atomic mass is 9.84. The minimum absolute atomic E-state index is 0. The minimum Gasteiger partial charge on any atom is -0.396 e. The Bertz CT molecular complexity index is 561. The second-order valence-corrected chi connectivity index (χ2v) is 7.23. The molecule has 6 nitrogen and oxygen atoms in total. The van der Waals surface area contributed by atoms with Gasteiger partial charge in [-0.3, -0.25) is 9.89 Å². The van der Waals surface area contributed by atoms with E-state index in [0.29, 0.717) is 12.6 Å². The van der Waals surface area contributed by atoms with Gasteiger partial charge in [0.2, 0.25) is 0 Å². The molecule has 0 aromatic heterocycles. The normalized spacial score (nSPS) is 20.7. The summed E-state index contributed by atoms with van der Waals surface area (Å²) in [6.07, 6.45) is 1.73. The van der Waals surface area contributed by atoms with Crippen molar-refractivity contribution < 1.29 is 9.84 Å². The molecule has 3 N–H and O–H groups in total. The van der Waals surface area contributed by atoms with Gasteiger partial charge in [0.05, 0.1) is 12.6 Å². The monoisotopic (exact) mass is 504 g/mol. The van der Waals surface area contributed by atoms with Gasteiger partial charge in [0, 0.05) is 38.8 Å². The van der Waals surface area contributed by atoms with E-state index in [1.165, 1.54) is 5.56 Å². The molecule has 1 aromatic carbocycles. The van der Waals surface area contributed by atoms with E-state index in [1.807, 2.05) is 0 Å². The molecule has 0 spiro atoms. The highest BCUT2D eigenvalue weighted by Crippen LogP contribution is 2.31. The Kier molecular flexibility index (Phi) is 12.0. The molecule has 0 amide bonds. The molecule has 1 fully saturated rings. The van der Waals surface area contributed by atoms with Crippen LogP contribution in [-0.2, 0) is 4.74 Å². The van der Waals surface area contributed by atoms with Crippen molar-refractivity contribution in [2.75, 3.05) is 53.0 Å². The summed E-state index contributed by atoms with van der Waals surface area (Å²) in [6, 6.07) is 10.9. The molecule has 2 atom stereocenters. The van der Waals surface area contributed by atoms with Crippen molar-refractivity contribution >= 4 is 29.9 Å². The molecule has 0 saturated carbocycles. The molecular weight excluding hydrogens is 467 g/mol. The van der Waals surface area contributed by atoms with Crippen LogP contribution < -0.4 is 10.6 Å². The van der Waals surface area contributed by atoms with Crippen LogP contribution in [0.4, 0.5) is 0 Å². The van der Waals surface area contributed by atoms with Gasteiger partial charge < -0.3 is 20.5 Å². The van der Waals surface area contributed by atoms with Gasteiger partial charge in [-0.2, -0.15) is 0 Å². The van der Waals surface area contributed by atoms with Crippen molar-refractivity contribution in [3.8, 4) is 0 Å². The second-order valence-electron chi connectivity index (χ2n) is 7.23. The van der Waals surface area contributed by atoms with E-state index in [4.69, 9.17) is 4.74 Å². The maximum atomic E-state index is 9.40. The lowest BCUT2D eigenvalue weighted by Crippen LogP contribution is -2.47. The van der Waals surface area contributed by atoms with Crippen molar-refractivity contribution in [3.63, 3.8) is 0 Å². The first-order valence-electron chi connectivity index (χ1n) is 10.1. The molecule has 1 aliphatic rings. The van der Waals surface area contributed by atoms with Crippen LogP contribution in [-0.4, -0.2) is 69.0 Å². The summed E-state index contributed by atoms with van der Waals surface area (Å²) in [5.74, 6) is 0.798. The number of nitrogens with one attached hydrogen (secondary N) is 2. The number of guanidine groups is 1. The van der Waals surface area contributed by atoms with Gasteiger partial charge in [-0.15, -0.1) is 24.0 Å². The maximum Gasteiger partial charge on any atom is 0.191 e.